The van der Waals surface area contributed by atoms with Gasteiger partial charge >= 0.3 is 0 Å². The summed E-state index contributed by atoms with van der Waals surface area (Å²) in [7, 11) is 0. The molecule has 0 unspecified atom stereocenters. The van der Waals surface area contributed by atoms with Crippen molar-refractivity contribution in [2.24, 2.45) is 0 Å². The van der Waals surface area contributed by atoms with Crippen LogP contribution in [0.1, 0.15) is 31.8 Å². The molecule has 0 saturated carbocycles. The molecule has 1 N–H and O–H groups in total. The van der Waals surface area contributed by atoms with Crippen LogP contribution in [-0.4, -0.2) is 21.8 Å². The average Bonchev–Trinajstić information content (AvgIpc) is 3.03. The molecule has 0 atom stereocenters. The van der Waals surface area contributed by atoms with Crippen molar-refractivity contribution in [2.75, 3.05) is 4.90 Å². The third-order valence-corrected chi connectivity index (χ3v) is 4.33. The van der Waals surface area contributed by atoms with E-state index in [1.165, 1.54) is 29.3 Å². The summed E-state index contributed by atoms with van der Waals surface area (Å²) in [5.41, 5.74) is 2.42. The lowest BCUT2D eigenvalue weighted by Crippen LogP contribution is -2.25. The maximum absolute atomic E-state index is 13.4. The van der Waals surface area contributed by atoms with Gasteiger partial charge in [-0.1, -0.05) is 6.07 Å². The lowest BCUT2D eigenvalue weighted by molar-refractivity contribution is 0.0949. The van der Waals surface area contributed by atoms with Crippen molar-refractivity contribution in [2.45, 2.75) is 13.1 Å². The van der Waals surface area contributed by atoms with Gasteiger partial charge in [0.2, 0.25) is 0 Å². The van der Waals surface area contributed by atoms with Gasteiger partial charge in [-0.3, -0.25) is 19.5 Å². The first-order chi connectivity index (χ1) is 13.1. The summed E-state index contributed by atoms with van der Waals surface area (Å²) < 4.78 is 13.4. The predicted molar refractivity (Wildman–Crippen MR) is 96.6 cm³/mol. The van der Waals surface area contributed by atoms with Gasteiger partial charge in [-0.05, 0) is 47.5 Å². The molecule has 0 radical (unpaired) electrons. The van der Waals surface area contributed by atoms with E-state index in [0.717, 1.165) is 5.56 Å². The van der Waals surface area contributed by atoms with Gasteiger partial charge in [-0.25, -0.2) is 9.37 Å². The minimum absolute atomic E-state index is 0.199. The van der Waals surface area contributed by atoms with Gasteiger partial charge in [0, 0.05) is 30.7 Å². The van der Waals surface area contributed by atoms with Crippen molar-refractivity contribution in [3.05, 3.63) is 89.1 Å². The van der Waals surface area contributed by atoms with E-state index in [0.29, 0.717) is 29.1 Å². The molecule has 1 aromatic carbocycles. The third kappa shape index (κ3) is 3.39. The van der Waals surface area contributed by atoms with E-state index in [1.807, 2.05) is 0 Å². The Morgan fingerprint density at radius 3 is 2.81 bits per heavy atom. The summed E-state index contributed by atoms with van der Waals surface area (Å²) >= 11 is 0. The summed E-state index contributed by atoms with van der Waals surface area (Å²) in [6.45, 7) is 0.594. The summed E-state index contributed by atoms with van der Waals surface area (Å²) in [5, 5.41) is 2.79. The molecule has 3 heterocycles. The van der Waals surface area contributed by atoms with E-state index in [2.05, 4.69) is 15.3 Å². The van der Waals surface area contributed by atoms with Gasteiger partial charge in [0.05, 0.1) is 12.1 Å². The van der Waals surface area contributed by atoms with Gasteiger partial charge in [0.15, 0.2) is 0 Å². The maximum Gasteiger partial charge on any atom is 0.260 e. The topological polar surface area (TPSA) is 75.2 Å². The van der Waals surface area contributed by atoms with Crippen LogP contribution in [0.5, 0.6) is 0 Å². The largest absolute Gasteiger partial charge is 0.348 e. The molecule has 0 bridgehead atoms. The zero-order chi connectivity index (χ0) is 18.8. The molecule has 0 saturated heterocycles. The molecule has 6 nitrogen and oxygen atoms in total. The monoisotopic (exact) mass is 362 g/mol. The molecule has 0 aliphatic carbocycles. The van der Waals surface area contributed by atoms with Crippen LogP contribution in [0.15, 0.2) is 61.1 Å². The SMILES string of the molecule is O=C(NCc1ccc(N2Cc3cc(F)ccc3C2=O)nc1)c1cccnc1. The zero-order valence-corrected chi connectivity index (χ0v) is 14.2. The number of amides is 2. The van der Waals surface area contributed by atoms with Gasteiger partial charge in [-0.2, -0.15) is 0 Å². The summed E-state index contributed by atoms with van der Waals surface area (Å²) in [5.74, 6) is -0.301. The highest BCUT2D eigenvalue weighted by atomic mass is 19.1. The third-order valence-electron chi connectivity index (χ3n) is 4.33. The summed E-state index contributed by atoms with van der Waals surface area (Å²) in [4.78, 5) is 34.2. The second-order valence-corrected chi connectivity index (χ2v) is 6.14. The Bertz CT molecular complexity index is 1010. The fraction of sp³-hybridized carbons (Fsp3) is 0.100. The minimum atomic E-state index is -0.365. The highest BCUT2D eigenvalue weighted by Crippen LogP contribution is 2.27. The Kier molecular flexibility index (Phi) is 4.33. The number of hydrogen-bond donors (Lipinski definition) is 1. The van der Waals surface area contributed by atoms with E-state index in [9.17, 15) is 14.0 Å². The van der Waals surface area contributed by atoms with Crippen molar-refractivity contribution in [3.63, 3.8) is 0 Å². The number of hydrogen-bond acceptors (Lipinski definition) is 4. The Morgan fingerprint density at radius 1 is 1.19 bits per heavy atom. The number of rotatable bonds is 4. The molecule has 0 spiro atoms. The molecular weight excluding hydrogens is 347 g/mol. The molecule has 27 heavy (non-hydrogen) atoms. The Labute approximate surface area is 154 Å². The van der Waals surface area contributed by atoms with Gasteiger partial charge < -0.3 is 5.32 Å². The van der Waals surface area contributed by atoms with Crippen LogP contribution >= 0.6 is 0 Å². The number of benzene rings is 1. The predicted octanol–water partition coefficient (Wildman–Crippen LogP) is 2.71. The average molecular weight is 362 g/mol. The Balaban J connectivity index is 1.42. The second-order valence-electron chi connectivity index (χ2n) is 6.14. The first-order valence-electron chi connectivity index (χ1n) is 8.35. The fourth-order valence-electron chi connectivity index (χ4n) is 2.94. The van der Waals surface area contributed by atoms with E-state index in [-0.39, 0.29) is 24.2 Å². The van der Waals surface area contributed by atoms with Crippen LogP contribution in [0.25, 0.3) is 0 Å². The van der Waals surface area contributed by atoms with E-state index >= 15 is 0 Å². The van der Waals surface area contributed by atoms with Crippen molar-refractivity contribution in [3.8, 4) is 0 Å². The Hall–Kier alpha value is -3.61. The molecule has 2 amide bonds. The van der Waals surface area contributed by atoms with Crippen molar-refractivity contribution < 1.29 is 14.0 Å². The number of pyridine rings is 2. The summed E-state index contributed by atoms with van der Waals surface area (Å²) in [6.07, 6.45) is 4.71. The van der Waals surface area contributed by atoms with E-state index in [4.69, 9.17) is 0 Å². The zero-order valence-electron chi connectivity index (χ0n) is 14.2. The van der Waals surface area contributed by atoms with Crippen molar-refractivity contribution in [1.29, 1.82) is 0 Å². The molecule has 2 aromatic heterocycles. The van der Waals surface area contributed by atoms with Crippen LogP contribution in [0.2, 0.25) is 0 Å². The number of aromatic nitrogens is 2. The number of fused-ring (bicyclic) bond motifs is 1. The first-order valence-corrected chi connectivity index (χ1v) is 8.35. The number of carbonyl (C=O) groups excluding carboxylic acids is 2. The lowest BCUT2D eigenvalue weighted by atomic mass is 10.1. The number of halogens is 1. The van der Waals surface area contributed by atoms with Crippen LogP contribution in [0.4, 0.5) is 10.2 Å². The number of anilines is 1. The van der Waals surface area contributed by atoms with Gasteiger partial charge in [0.1, 0.15) is 11.6 Å². The van der Waals surface area contributed by atoms with Crippen LogP contribution < -0.4 is 10.2 Å². The van der Waals surface area contributed by atoms with Crippen LogP contribution in [0, 0.1) is 5.82 Å². The molecule has 4 rings (SSSR count). The second kappa shape index (κ2) is 6.95. The molecule has 0 fully saturated rings. The smallest absolute Gasteiger partial charge is 0.260 e. The fourth-order valence-corrected chi connectivity index (χ4v) is 2.94. The summed E-state index contributed by atoms with van der Waals surface area (Å²) in [6, 6.07) is 11.0. The molecular formula is C20H15FN4O2. The Morgan fingerprint density at radius 2 is 2.07 bits per heavy atom. The number of carbonyl (C=O) groups is 2. The minimum Gasteiger partial charge on any atom is -0.348 e. The lowest BCUT2D eigenvalue weighted by Gasteiger charge is -2.15. The van der Waals surface area contributed by atoms with E-state index < -0.39 is 0 Å². The highest BCUT2D eigenvalue weighted by molar-refractivity contribution is 6.09. The molecule has 7 heteroatoms. The first kappa shape index (κ1) is 16.8. The highest BCUT2D eigenvalue weighted by Gasteiger charge is 2.29. The number of nitrogens with one attached hydrogen (secondary N) is 1. The van der Waals surface area contributed by atoms with Crippen molar-refractivity contribution >= 4 is 17.6 Å². The number of nitrogens with zero attached hydrogens (tertiary/aromatic N) is 3. The van der Waals surface area contributed by atoms with Crippen LogP contribution in [-0.2, 0) is 13.1 Å². The molecule has 134 valence electrons. The van der Waals surface area contributed by atoms with Crippen LogP contribution in [0.3, 0.4) is 0 Å². The van der Waals surface area contributed by atoms with Gasteiger partial charge in [0.25, 0.3) is 11.8 Å². The maximum atomic E-state index is 13.4. The van der Waals surface area contributed by atoms with E-state index in [1.54, 1.807) is 36.7 Å². The molecule has 1 aliphatic heterocycles. The van der Waals surface area contributed by atoms with Gasteiger partial charge in [-0.15, -0.1) is 0 Å². The molecule has 1 aliphatic rings. The standard InChI is InChI=1S/C20H15FN4O2/c21-16-4-5-17-15(8-16)12-25(20(17)27)18-6-3-13(9-23-18)10-24-19(26)14-2-1-7-22-11-14/h1-9,11H,10,12H2,(H,24,26). The molecule has 3 aromatic rings. The quantitative estimate of drug-likeness (QED) is 0.774. The van der Waals surface area contributed by atoms with Crippen molar-refractivity contribution in [1.82, 2.24) is 15.3 Å². The normalized spacial score (nSPS) is 12.8.